The van der Waals surface area contributed by atoms with Gasteiger partial charge in [0.2, 0.25) is 0 Å². The first-order valence-corrected chi connectivity index (χ1v) is 6.04. The summed E-state index contributed by atoms with van der Waals surface area (Å²) in [6.45, 7) is 4.92. The van der Waals surface area contributed by atoms with Crippen LogP contribution in [0.25, 0.3) is 0 Å². The second-order valence-corrected chi connectivity index (χ2v) is 5.41. The zero-order chi connectivity index (χ0) is 12.3. The molecule has 0 radical (unpaired) electrons. The number of hydrogen-bond acceptors (Lipinski definition) is 4. The molecule has 4 nitrogen and oxygen atoms in total. The molecule has 0 spiro atoms. The Morgan fingerprint density at radius 1 is 1.56 bits per heavy atom. The van der Waals surface area contributed by atoms with Crippen LogP contribution in [0.2, 0.25) is 0 Å². The molecular weight excluding hydrogens is 224 g/mol. The van der Waals surface area contributed by atoms with Gasteiger partial charge in [0.1, 0.15) is 0 Å². The molecule has 0 aliphatic carbocycles. The highest BCUT2D eigenvalue weighted by atomic mass is 32.1. The summed E-state index contributed by atoms with van der Waals surface area (Å²) in [7, 11) is 4.05. The highest BCUT2D eigenvalue weighted by Crippen LogP contribution is 2.25. The van der Waals surface area contributed by atoms with Crippen LogP contribution in [0.3, 0.4) is 0 Å². The molecule has 0 aromatic carbocycles. The van der Waals surface area contributed by atoms with E-state index in [4.69, 9.17) is 5.11 Å². The van der Waals surface area contributed by atoms with Crippen LogP contribution in [-0.4, -0.2) is 41.6 Å². The molecule has 90 valence electrons. The molecule has 0 fully saturated rings. The lowest BCUT2D eigenvalue weighted by atomic mass is 10.2. The van der Waals surface area contributed by atoms with Crippen molar-refractivity contribution < 1.29 is 9.90 Å². The zero-order valence-electron chi connectivity index (χ0n) is 10.1. The van der Waals surface area contributed by atoms with Crippen LogP contribution in [0.5, 0.6) is 0 Å². The monoisotopic (exact) mass is 242 g/mol. The van der Waals surface area contributed by atoms with Gasteiger partial charge >= 0.3 is 5.97 Å². The predicted molar refractivity (Wildman–Crippen MR) is 65.2 cm³/mol. The number of thiazole rings is 1. The van der Waals surface area contributed by atoms with Gasteiger partial charge in [0.05, 0.1) is 17.1 Å². The number of aromatic nitrogens is 1. The number of carbonyl (C=O) groups is 1. The summed E-state index contributed by atoms with van der Waals surface area (Å²) >= 11 is 1.52. The van der Waals surface area contributed by atoms with E-state index in [0.29, 0.717) is 5.92 Å². The van der Waals surface area contributed by atoms with Crippen LogP contribution in [0.4, 0.5) is 0 Å². The van der Waals surface area contributed by atoms with Gasteiger partial charge in [-0.05, 0) is 21.0 Å². The molecule has 0 aliphatic rings. The molecule has 0 bridgehead atoms. The van der Waals surface area contributed by atoms with E-state index in [2.05, 4.69) is 16.8 Å². The highest BCUT2D eigenvalue weighted by Gasteiger charge is 2.15. The molecular formula is C11H18N2O2S. The van der Waals surface area contributed by atoms with E-state index in [1.807, 2.05) is 21.0 Å². The number of carboxylic acids is 1. The molecule has 1 heterocycles. The molecule has 16 heavy (non-hydrogen) atoms. The second kappa shape index (κ2) is 5.41. The van der Waals surface area contributed by atoms with Crippen molar-refractivity contribution >= 4 is 17.3 Å². The van der Waals surface area contributed by atoms with Gasteiger partial charge in [-0.2, -0.15) is 0 Å². The van der Waals surface area contributed by atoms with E-state index in [-0.39, 0.29) is 6.42 Å². The fraction of sp³-hybridized carbons (Fsp3) is 0.636. The summed E-state index contributed by atoms with van der Waals surface area (Å²) < 4.78 is 0. The van der Waals surface area contributed by atoms with E-state index in [0.717, 1.165) is 22.1 Å². The van der Waals surface area contributed by atoms with Crippen molar-refractivity contribution in [3.05, 3.63) is 15.6 Å². The van der Waals surface area contributed by atoms with E-state index < -0.39 is 5.97 Å². The molecule has 5 heteroatoms. The van der Waals surface area contributed by atoms with Gasteiger partial charge in [-0.3, -0.25) is 4.79 Å². The van der Waals surface area contributed by atoms with Crippen LogP contribution in [-0.2, 0) is 11.2 Å². The first-order chi connectivity index (χ1) is 7.40. The van der Waals surface area contributed by atoms with E-state index in [1.165, 1.54) is 11.3 Å². The standard InChI is InChI=1S/C11H18N2O2S/c1-7(6-13(3)4)11-12-8(2)9(16-11)5-10(14)15/h7H,5-6H2,1-4H3,(H,14,15). The zero-order valence-corrected chi connectivity index (χ0v) is 11.0. The normalized spacial score (nSPS) is 13.1. The summed E-state index contributed by atoms with van der Waals surface area (Å²) in [5.74, 6) is -0.445. The van der Waals surface area contributed by atoms with Crippen molar-refractivity contribution in [3.63, 3.8) is 0 Å². The van der Waals surface area contributed by atoms with E-state index in [9.17, 15) is 4.79 Å². The summed E-state index contributed by atoms with van der Waals surface area (Å²) in [5, 5.41) is 9.79. The van der Waals surface area contributed by atoms with E-state index >= 15 is 0 Å². The van der Waals surface area contributed by atoms with Crippen molar-refractivity contribution in [1.82, 2.24) is 9.88 Å². The maximum absolute atomic E-state index is 10.6. The second-order valence-electron chi connectivity index (χ2n) is 4.29. The minimum atomic E-state index is -0.793. The molecule has 0 saturated carbocycles. The number of hydrogen-bond donors (Lipinski definition) is 1. The maximum atomic E-state index is 10.6. The smallest absolute Gasteiger partial charge is 0.308 e. The van der Waals surface area contributed by atoms with Crippen LogP contribution in [0.1, 0.15) is 28.4 Å². The average Bonchev–Trinajstić information content (AvgIpc) is 2.45. The SMILES string of the molecule is Cc1nc(C(C)CN(C)C)sc1CC(=O)O. The first kappa shape index (κ1) is 13.1. The minimum absolute atomic E-state index is 0.0815. The lowest BCUT2D eigenvalue weighted by Crippen LogP contribution is -2.18. The Morgan fingerprint density at radius 3 is 2.69 bits per heavy atom. The Labute approximate surface area is 99.9 Å². The van der Waals surface area contributed by atoms with Crippen molar-refractivity contribution in [2.45, 2.75) is 26.2 Å². The average molecular weight is 242 g/mol. The van der Waals surface area contributed by atoms with Gasteiger partial charge in [0.25, 0.3) is 0 Å². The number of likely N-dealkylation sites (N-methyl/N-ethyl adjacent to an activating group) is 1. The lowest BCUT2D eigenvalue weighted by molar-refractivity contribution is -0.136. The fourth-order valence-electron chi connectivity index (χ4n) is 1.59. The molecule has 0 amide bonds. The number of rotatable bonds is 5. The number of aryl methyl sites for hydroxylation is 1. The molecule has 0 aliphatic heterocycles. The Kier molecular flexibility index (Phi) is 4.44. The quantitative estimate of drug-likeness (QED) is 0.854. The van der Waals surface area contributed by atoms with Crippen molar-refractivity contribution in [2.75, 3.05) is 20.6 Å². The largest absolute Gasteiger partial charge is 0.481 e. The van der Waals surface area contributed by atoms with Gasteiger partial charge < -0.3 is 10.0 Å². The third kappa shape index (κ3) is 3.57. The minimum Gasteiger partial charge on any atom is -0.481 e. The Bertz CT molecular complexity index is 374. The van der Waals surface area contributed by atoms with Crippen molar-refractivity contribution in [2.24, 2.45) is 0 Å². The van der Waals surface area contributed by atoms with Gasteiger partial charge in [-0.25, -0.2) is 4.98 Å². The van der Waals surface area contributed by atoms with Gasteiger partial charge in [-0.15, -0.1) is 11.3 Å². The molecule has 1 N–H and O–H groups in total. The van der Waals surface area contributed by atoms with Crippen LogP contribution in [0, 0.1) is 6.92 Å². The molecule has 0 saturated heterocycles. The first-order valence-electron chi connectivity index (χ1n) is 5.23. The van der Waals surface area contributed by atoms with Gasteiger partial charge in [0.15, 0.2) is 0 Å². The Balaban J connectivity index is 2.79. The van der Waals surface area contributed by atoms with Crippen LogP contribution >= 0.6 is 11.3 Å². The number of nitrogens with zero attached hydrogens (tertiary/aromatic N) is 2. The predicted octanol–water partition coefficient (Wildman–Crippen LogP) is 1.74. The van der Waals surface area contributed by atoms with Crippen LogP contribution < -0.4 is 0 Å². The Morgan fingerprint density at radius 2 is 2.19 bits per heavy atom. The summed E-state index contributed by atoms with van der Waals surface area (Å²) in [6.07, 6.45) is 0.0815. The molecule has 1 rings (SSSR count). The molecule has 1 atom stereocenters. The third-order valence-electron chi connectivity index (χ3n) is 2.28. The molecule has 1 unspecified atom stereocenters. The summed E-state index contributed by atoms with van der Waals surface area (Å²) in [5.41, 5.74) is 0.855. The number of carboxylic acid groups (broad SMARTS) is 1. The van der Waals surface area contributed by atoms with Crippen molar-refractivity contribution in [1.29, 1.82) is 0 Å². The third-order valence-corrected chi connectivity index (χ3v) is 3.67. The Hall–Kier alpha value is -0.940. The van der Waals surface area contributed by atoms with Crippen molar-refractivity contribution in [3.8, 4) is 0 Å². The van der Waals surface area contributed by atoms with E-state index in [1.54, 1.807) is 0 Å². The van der Waals surface area contributed by atoms with Crippen LogP contribution in [0.15, 0.2) is 0 Å². The topological polar surface area (TPSA) is 53.4 Å². The lowest BCUT2D eigenvalue weighted by Gasteiger charge is -2.14. The molecule has 1 aromatic rings. The fourth-order valence-corrected chi connectivity index (χ4v) is 2.69. The van der Waals surface area contributed by atoms with Gasteiger partial charge in [0, 0.05) is 17.3 Å². The molecule has 1 aromatic heterocycles. The maximum Gasteiger partial charge on any atom is 0.308 e. The summed E-state index contributed by atoms with van der Waals surface area (Å²) in [6, 6.07) is 0. The highest BCUT2D eigenvalue weighted by molar-refractivity contribution is 7.11. The van der Waals surface area contributed by atoms with Gasteiger partial charge in [-0.1, -0.05) is 6.92 Å². The number of aliphatic carboxylic acids is 1. The summed E-state index contributed by atoms with van der Waals surface area (Å²) in [4.78, 5) is 18.1.